The third-order valence-corrected chi connectivity index (χ3v) is 2.81. The molecular weight excluding hydrogens is 170 g/mol. The molecule has 0 atom stereocenters. The molecule has 0 aromatic heterocycles. The summed E-state index contributed by atoms with van der Waals surface area (Å²) in [6.45, 7) is 10.3. The third kappa shape index (κ3) is 4.67. The van der Waals surface area contributed by atoms with Gasteiger partial charge in [-0.05, 0) is 37.8 Å². The van der Waals surface area contributed by atoms with Gasteiger partial charge in [0.25, 0.3) is 0 Å². The van der Waals surface area contributed by atoms with Crippen molar-refractivity contribution in [1.29, 1.82) is 0 Å². The van der Waals surface area contributed by atoms with Gasteiger partial charge < -0.3 is 0 Å². The summed E-state index contributed by atoms with van der Waals surface area (Å²) in [4.78, 5) is 2.48. The number of hydrogen-bond acceptors (Lipinski definition) is 1. The molecule has 0 aromatic carbocycles. The van der Waals surface area contributed by atoms with Gasteiger partial charge in [0.1, 0.15) is 0 Å². The van der Waals surface area contributed by atoms with E-state index in [-0.39, 0.29) is 0 Å². The second kappa shape index (κ2) is 6.09. The monoisotopic (exact) mass is 193 g/mol. The van der Waals surface area contributed by atoms with Crippen LogP contribution >= 0.6 is 0 Å². The average molecular weight is 193 g/mol. The molecule has 0 aromatic rings. The van der Waals surface area contributed by atoms with E-state index >= 15 is 0 Å². The SMILES string of the molecule is CC(C)CC#CCN1CCC(C)CC1. The maximum absolute atomic E-state index is 3.28. The van der Waals surface area contributed by atoms with Gasteiger partial charge in [-0.3, -0.25) is 4.90 Å². The van der Waals surface area contributed by atoms with Crippen molar-refractivity contribution < 1.29 is 0 Å². The molecule has 0 radical (unpaired) electrons. The second-order valence-corrected chi connectivity index (χ2v) is 4.91. The van der Waals surface area contributed by atoms with Crippen LogP contribution in [0.3, 0.4) is 0 Å². The Bertz CT molecular complexity index is 201. The molecule has 0 spiro atoms. The molecule has 1 heterocycles. The van der Waals surface area contributed by atoms with Gasteiger partial charge in [0.05, 0.1) is 6.54 Å². The van der Waals surface area contributed by atoms with E-state index in [9.17, 15) is 0 Å². The number of likely N-dealkylation sites (tertiary alicyclic amines) is 1. The summed E-state index contributed by atoms with van der Waals surface area (Å²) in [5.41, 5.74) is 0. The standard InChI is InChI=1S/C13H23N/c1-12(2)6-4-5-9-14-10-7-13(3)8-11-14/h12-13H,6-11H2,1-3H3. The molecule has 1 rings (SSSR count). The second-order valence-electron chi connectivity index (χ2n) is 4.91. The van der Waals surface area contributed by atoms with E-state index in [1.807, 2.05) is 0 Å². The van der Waals surface area contributed by atoms with Gasteiger partial charge in [-0.25, -0.2) is 0 Å². The molecule has 0 saturated carbocycles. The molecule has 1 aliphatic rings. The lowest BCUT2D eigenvalue weighted by atomic mass is 9.99. The molecule has 80 valence electrons. The Balaban J connectivity index is 2.14. The quantitative estimate of drug-likeness (QED) is 0.610. The molecule has 1 saturated heterocycles. The fourth-order valence-electron chi connectivity index (χ4n) is 1.66. The van der Waals surface area contributed by atoms with Crippen LogP contribution in [0.4, 0.5) is 0 Å². The minimum absolute atomic E-state index is 0.712. The first-order valence-electron chi connectivity index (χ1n) is 5.86. The Kier molecular flexibility index (Phi) is 5.04. The zero-order valence-electron chi connectivity index (χ0n) is 9.84. The first-order chi connectivity index (χ1) is 6.68. The number of hydrogen-bond donors (Lipinski definition) is 0. The van der Waals surface area contributed by atoms with E-state index in [2.05, 4.69) is 37.5 Å². The Morgan fingerprint density at radius 1 is 1.21 bits per heavy atom. The highest BCUT2D eigenvalue weighted by Gasteiger charge is 2.13. The van der Waals surface area contributed by atoms with Crippen LogP contribution in [-0.2, 0) is 0 Å². The van der Waals surface area contributed by atoms with Gasteiger partial charge in [-0.2, -0.15) is 0 Å². The Hall–Kier alpha value is -0.480. The van der Waals surface area contributed by atoms with Crippen molar-refractivity contribution in [2.45, 2.75) is 40.0 Å². The van der Waals surface area contributed by atoms with Crippen molar-refractivity contribution in [3.63, 3.8) is 0 Å². The Morgan fingerprint density at radius 2 is 1.86 bits per heavy atom. The summed E-state index contributed by atoms with van der Waals surface area (Å²) in [6, 6.07) is 0. The maximum atomic E-state index is 3.28. The maximum Gasteiger partial charge on any atom is 0.0601 e. The summed E-state index contributed by atoms with van der Waals surface area (Å²) < 4.78 is 0. The van der Waals surface area contributed by atoms with Crippen molar-refractivity contribution in [1.82, 2.24) is 4.90 Å². The van der Waals surface area contributed by atoms with Crippen LogP contribution in [0.25, 0.3) is 0 Å². The van der Waals surface area contributed by atoms with Gasteiger partial charge >= 0.3 is 0 Å². The van der Waals surface area contributed by atoms with E-state index in [1.165, 1.54) is 25.9 Å². The predicted molar refractivity (Wildman–Crippen MR) is 62.1 cm³/mol. The zero-order chi connectivity index (χ0) is 10.4. The summed E-state index contributed by atoms with van der Waals surface area (Å²) in [6.07, 6.45) is 3.75. The van der Waals surface area contributed by atoms with Crippen molar-refractivity contribution >= 4 is 0 Å². The lowest BCUT2D eigenvalue weighted by molar-refractivity contribution is 0.213. The highest BCUT2D eigenvalue weighted by Crippen LogP contribution is 2.14. The van der Waals surface area contributed by atoms with Gasteiger partial charge in [0.2, 0.25) is 0 Å². The lowest BCUT2D eigenvalue weighted by Gasteiger charge is -2.28. The van der Waals surface area contributed by atoms with Crippen molar-refractivity contribution in [3.05, 3.63) is 0 Å². The normalized spacial score (nSPS) is 19.4. The van der Waals surface area contributed by atoms with Crippen LogP contribution in [0.1, 0.15) is 40.0 Å². The Labute approximate surface area is 88.9 Å². The minimum Gasteiger partial charge on any atom is -0.292 e. The van der Waals surface area contributed by atoms with Crippen LogP contribution in [0.2, 0.25) is 0 Å². The fourth-order valence-corrected chi connectivity index (χ4v) is 1.66. The molecule has 0 N–H and O–H groups in total. The van der Waals surface area contributed by atoms with Gasteiger partial charge in [0, 0.05) is 6.42 Å². The van der Waals surface area contributed by atoms with Crippen LogP contribution < -0.4 is 0 Å². The smallest absolute Gasteiger partial charge is 0.0601 e. The topological polar surface area (TPSA) is 3.24 Å². The molecule has 0 unspecified atom stereocenters. The first-order valence-corrected chi connectivity index (χ1v) is 5.86. The summed E-state index contributed by atoms with van der Waals surface area (Å²) in [7, 11) is 0. The summed E-state index contributed by atoms with van der Waals surface area (Å²) >= 11 is 0. The molecular formula is C13H23N. The zero-order valence-corrected chi connectivity index (χ0v) is 9.84. The van der Waals surface area contributed by atoms with E-state index in [4.69, 9.17) is 0 Å². The predicted octanol–water partition coefficient (Wildman–Crippen LogP) is 2.77. The largest absolute Gasteiger partial charge is 0.292 e. The molecule has 1 aliphatic heterocycles. The third-order valence-electron chi connectivity index (χ3n) is 2.81. The molecule has 1 fully saturated rings. The number of nitrogens with zero attached hydrogens (tertiary/aromatic N) is 1. The van der Waals surface area contributed by atoms with E-state index in [1.54, 1.807) is 0 Å². The first kappa shape index (κ1) is 11.6. The molecule has 1 heteroatoms. The van der Waals surface area contributed by atoms with Crippen molar-refractivity contribution in [2.24, 2.45) is 11.8 Å². The van der Waals surface area contributed by atoms with Crippen LogP contribution in [0, 0.1) is 23.7 Å². The summed E-state index contributed by atoms with van der Waals surface area (Å²) in [5, 5.41) is 0. The molecule has 14 heavy (non-hydrogen) atoms. The van der Waals surface area contributed by atoms with Crippen molar-refractivity contribution in [3.8, 4) is 11.8 Å². The van der Waals surface area contributed by atoms with Crippen molar-refractivity contribution in [2.75, 3.05) is 19.6 Å². The molecule has 1 nitrogen and oxygen atoms in total. The lowest BCUT2D eigenvalue weighted by Crippen LogP contribution is -2.33. The fraction of sp³-hybridized carbons (Fsp3) is 0.846. The van der Waals surface area contributed by atoms with Crippen LogP contribution in [-0.4, -0.2) is 24.5 Å². The van der Waals surface area contributed by atoms with Crippen LogP contribution in [0.15, 0.2) is 0 Å². The Morgan fingerprint density at radius 3 is 2.43 bits per heavy atom. The number of rotatable bonds is 2. The van der Waals surface area contributed by atoms with Crippen LogP contribution in [0.5, 0.6) is 0 Å². The highest BCUT2D eigenvalue weighted by atomic mass is 15.1. The molecule has 0 bridgehead atoms. The van der Waals surface area contributed by atoms with E-state index < -0.39 is 0 Å². The van der Waals surface area contributed by atoms with Gasteiger partial charge in [0.15, 0.2) is 0 Å². The van der Waals surface area contributed by atoms with E-state index in [0.717, 1.165) is 18.9 Å². The average Bonchev–Trinajstić information content (AvgIpc) is 2.15. The molecule has 0 amide bonds. The van der Waals surface area contributed by atoms with E-state index in [0.29, 0.717) is 5.92 Å². The minimum atomic E-state index is 0.712. The van der Waals surface area contributed by atoms with Gasteiger partial charge in [-0.1, -0.05) is 26.7 Å². The number of piperidine rings is 1. The molecule has 0 aliphatic carbocycles. The highest BCUT2D eigenvalue weighted by molar-refractivity contribution is 5.01. The van der Waals surface area contributed by atoms with Gasteiger partial charge in [-0.15, -0.1) is 5.92 Å². The summed E-state index contributed by atoms with van der Waals surface area (Å²) in [5.74, 6) is 8.17.